The van der Waals surface area contributed by atoms with Crippen LogP contribution in [0, 0.1) is 13.8 Å². The van der Waals surface area contributed by atoms with Crippen LogP contribution in [-0.4, -0.2) is 17.6 Å². The van der Waals surface area contributed by atoms with E-state index >= 15 is 0 Å². The van der Waals surface area contributed by atoms with E-state index in [1.165, 1.54) is 60.0 Å². The molecule has 3 rings (SSSR count). The Kier molecular flexibility index (Phi) is 3.13. The minimum atomic E-state index is 0.677. The summed E-state index contributed by atoms with van der Waals surface area (Å²) in [6, 6.07) is 7.54. The van der Waals surface area contributed by atoms with E-state index in [0.717, 1.165) is 0 Å². The molecule has 2 nitrogen and oxygen atoms in total. The molecule has 18 heavy (non-hydrogen) atoms. The summed E-state index contributed by atoms with van der Waals surface area (Å²) in [6.07, 6.45) is 5.21. The lowest BCUT2D eigenvalue weighted by Gasteiger charge is -2.23. The first kappa shape index (κ1) is 11.8. The number of piperidine rings is 1. The van der Waals surface area contributed by atoms with Gasteiger partial charge in [-0.3, -0.25) is 0 Å². The maximum absolute atomic E-state index is 3.63. The Morgan fingerprint density at radius 2 is 2.11 bits per heavy atom. The average molecular weight is 242 g/mol. The summed E-state index contributed by atoms with van der Waals surface area (Å²) >= 11 is 0. The van der Waals surface area contributed by atoms with Crippen LogP contribution < -0.4 is 5.32 Å². The van der Waals surface area contributed by atoms with Crippen molar-refractivity contribution in [2.24, 2.45) is 0 Å². The molecule has 1 unspecified atom stereocenters. The molecule has 1 aromatic heterocycles. The molecule has 2 N–H and O–H groups in total. The highest BCUT2D eigenvalue weighted by Crippen LogP contribution is 2.23. The first-order valence-electron chi connectivity index (χ1n) is 7.05. The number of fused-ring (bicyclic) bond motifs is 1. The first-order valence-corrected chi connectivity index (χ1v) is 7.05. The highest BCUT2D eigenvalue weighted by Gasteiger charge is 2.13. The molecule has 2 heteroatoms. The Labute approximate surface area is 109 Å². The molecule has 1 fully saturated rings. The minimum Gasteiger partial charge on any atom is -0.358 e. The molecule has 0 aliphatic carbocycles. The molecule has 1 aliphatic heterocycles. The molecular formula is C16H22N2. The topological polar surface area (TPSA) is 27.8 Å². The van der Waals surface area contributed by atoms with Crippen molar-refractivity contribution in [1.29, 1.82) is 0 Å². The second-order valence-electron chi connectivity index (χ2n) is 5.61. The maximum atomic E-state index is 3.63. The number of H-pyrrole nitrogens is 1. The van der Waals surface area contributed by atoms with Crippen molar-refractivity contribution in [3.63, 3.8) is 0 Å². The molecule has 0 saturated carbocycles. The van der Waals surface area contributed by atoms with Crippen LogP contribution in [0.5, 0.6) is 0 Å². The van der Waals surface area contributed by atoms with Crippen molar-refractivity contribution in [3.05, 3.63) is 35.0 Å². The highest BCUT2D eigenvalue weighted by molar-refractivity contribution is 5.85. The summed E-state index contributed by atoms with van der Waals surface area (Å²) in [7, 11) is 0. The molecule has 0 bridgehead atoms. The van der Waals surface area contributed by atoms with E-state index in [0.29, 0.717) is 6.04 Å². The number of hydrogen-bond donors (Lipinski definition) is 2. The lowest BCUT2D eigenvalue weighted by Crippen LogP contribution is -2.35. The van der Waals surface area contributed by atoms with E-state index in [2.05, 4.69) is 42.3 Å². The number of aromatic amines is 1. The molecule has 1 aromatic carbocycles. The molecule has 0 spiro atoms. The molecule has 1 atom stereocenters. The molecule has 2 heterocycles. The Hall–Kier alpha value is -1.28. The van der Waals surface area contributed by atoms with Gasteiger partial charge in [-0.2, -0.15) is 0 Å². The molecule has 1 saturated heterocycles. The number of nitrogens with one attached hydrogen (secondary N) is 2. The van der Waals surface area contributed by atoms with Gasteiger partial charge in [0.25, 0.3) is 0 Å². The van der Waals surface area contributed by atoms with Crippen molar-refractivity contribution >= 4 is 10.9 Å². The summed E-state index contributed by atoms with van der Waals surface area (Å²) in [5.41, 5.74) is 5.41. The quantitative estimate of drug-likeness (QED) is 0.829. The van der Waals surface area contributed by atoms with E-state index < -0.39 is 0 Å². The number of aromatic nitrogens is 1. The van der Waals surface area contributed by atoms with Gasteiger partial charge in [0.2, 0.25) is 0 Å². The normalized spacial score (nSPS) is 20.4. The van der Waals surface area contributed by atoms with Crippen LogP contribution in [0.2, 0.25) is 0 Å². The van der Waals surface area contributed by atoms with Gasteiger partial charge in [0.05, 0.1) is 0 Å². The van der Waals surface area contributed by atoms with Crippen molar-refractivity contribution in [2.45, 2.75) is 45.6 Å². The third-order valence-corrected chi connectivity index (χ3v) is 4.27. The van der Waals surface area contributed by atoms with Crippen molar-refractivity contribution in [3.8, 4) is 0 Å². The van der Waals surface area contributed by atoms with Gasteiger partial charge in [0, 0.05) is 22.6 Å². The Bertz CT molecular complexity index is 547. The van der Waals surface area contributed by atoms with Gasteiger partial charge in [0.15, 0.2) is 0 Å². The summed E-state index contributed by atoms with van der Waals surface area (Å²) in [5.74, 6) is 0. The third kappa shape index (κ3) is 2.17. The minimum absolute atomic E-state index is 0.677. The zero-order valence-electron chi connectivity index (χ0n) is 11.3. The molecule has 96 valence electrons. The van der Waals surface area contributed by atoms with Crippen LogP contribution in [0.1, 0.15) is 36.1 Å². The summed E-state index contributed by atoms with van der Waals surface area (Å²) in [5, 5.41) is 5.02. The fraction of sp³-hybridized carbons (Fsp3) is 0.500. The predicted octanol–water partition coefficient (Wildman–Crippen LogP) is 3.47. The van der Waals surface area contributed by atoms with Crippen LogP contribution >= 0.6 is 0 Å². The van der Waals surface area contributed by atoms with Gasteiger partial charge in [-0.15, -0.1) is 0 Å². The van der Waals surface area contributed by atoms with Crippen LogP contribution in [0.4, 0.5) is 0 Å². The fourth-order valence-corrected chi connectivity index (χ4v) is 3.02. The predicted molar refractivity (Wildman–Crippen MR) is 77.1 cm³/mol. The first-order chi connectivity index (χ1) is 8.74. The second-order valence-corrected chi connectivity index (χ2v) is 5.61. The number of aryl methyl sites for hydroxylation is 2. The number of rotatable bonds is 2. The summed E-state index contributed by atoms with van der Waals surface area (Å²) < 4.78 is 0. The monoisotopic (exact) mass is 242 g/mol. The van der Waals surface area contributed by atoms with Crippen molar-refractivity contribution in [1.82, 2.24) is 10.3 Å². The standard InChI is InChI=1S/C16H22N2/c1-11-12(2)18-16-7-6-13(10-15(11)16)9-14-5-3-4-8-17-14/h6-7,10,14,17-18H,3-5,8-9H2,1-2H3. The van der Waals surface area contributed by atoms with Crippen molar-refractivity contribution in [2.75, 3.05) is 6.54 Å². The molecule has 0 radical (unpaired) electrons. The van der Waals surface area contributed by atoms with Gasteiger partial charge in [-0.05, 0) is 62.9 Å². The van der Waals surface area contributed by atoms with Gasteiger partial charge in [-0.1, -0.05) is 12.5 Å². The molecule has 0 amide bonds. The smallest absolute Gasteiger partial charge is 0.0458 e. The van der Waals surface area contributed by atoms with Gasteiger partial charge >= 0.3 is 0 Å². The Balaban J connectivity index is 1.85. The highest BCUT2D eigenvalue weighted by atomic mass is 14.9. The van der Waals surface area contributed by atoms with Gasteiger partial charge in [-0.25, -0.2) is 0 Å². The van der Waals surface area contributed by atoms with E-state index in [1.807, 2.05) is 0 Å². The van der Waals surface area contributed by atoms with E-state index in [4.69, 9.17) is 0 Å². The van der Waals surface area contributed by atoms with Crippen LogP contribution in [0.15, 0.2) is 18.2 Å². The van der Waals surface area contributed by atoms with Crippen LogP contribution in [0.25, 0.3) is 10.9 Å². The van der Waals surface area contributed by atoms with Crippen molar-refractivity contribution < 1.29 is 0 Å². The van der Waals surface area contributed by atoms with E-state index in [-0.39, 0.29) is 0 Å². The molecule has 2 aromatic rings. The van der Waals surface area contributed by atoms with E-state index in [1.54, 1.807) is 0 Å². The Morgan fingerprint density at radius 3 is 2.89 bits per heavy atom. The zero-order chi connectivity index (χ0) is 12.5. The number of hydrogen-bond acceptors (Lipinski definition) is 1. The fourth-order valence-electron chi connectivity index (χ4n) is 3.02. The lowest BCUT2D eigenvalue weighted by atomic mass is 9.97. The maximum Gasteiger partial charge on any atom is 0.0458 e. The second kappa shape index (κ2) is 4.77. The third-order valence-electron chi connectivity index (χ3n) is 4.27. The van der Waals surface area contributed by atoms with E-state index in [9.17, 15) is 0 Å². The summed E-state index contributed by atoms with van der Waals surface area (Å²) in [4.78, 5) is 3.44. The SMILES string of the molecule is Cc1[nH]c2ccc(CC3CCCCN3)cc2c1C. The Morgan fingerprint density at radius 1 is 1.22 bits per heavy atom. The molecule has 1 aliphatic rings. The zero-order valence-corrected chi connectivity index (χ0v) is 11.3. The average Bonchev–Trinajstić information content (AvgIpc) is 2.67. The largest absolute Gasteiger partial charge is 0.358 e. The number of benzene rings is 1. The van der Waals surface area contributed by atoms with Crippen LogP contribution in [-0.2, 0) is 6.42 Å². The van der Waals surface area contributed by atoms with Gasteiger partial charge < -0.3 is 10.3 Å². The van der Waals surface area contributed by atoms with Crippen LogP contribution in [0.3, 0.4) is 0 Å². The van der Waals surface area contributed by atoms with Gasteiger partial charge in [0.1, 0.15) is 0 Å². The summed E-state index contributed by atoms with van der Waals surface area (Å²) in [6.45, 7) is 5.55. The lowest BCUT2D eigenvalue weighted by molar-refractivity contribution is 0.399. The molecular weight excluding hydrogens is 220 g/mol.